The quantitative estimate of drug-likeness (QED) is 0.264. The van der Waals surface area contributed by atoms with Crippen molar-refractivity contribution >= 4 is 35.2 Å². The lowest BCUT2D eigenvalue weighted by Crippen LogP contribution is -2.24. The maximum absolute atomic E-state index is 12.7. The van der Waals surface area contributed by atoms with Crippen LogP contribution in [0.1, 0.15) is 16.7 Å². The Morgan fingerprint density at radius 1 is 0.917 bits per heavy atom. The molecule has 0 heterocycles. The molecule has 0 unspecified atom stereocenters. The molecule has 3 aromatic rings. The summed E-state index contributed by atoms with van der Waals surface area (Å²) in [6.45, 7) is 0.386. The molecule has 0 aliphatic rings. The molecule has 0 aromatic heterocycles. The molecular formula is C27H24Cl2N2O5. The molecule has 0 aliphatic carbocycles. The highest BCUT2D eigenvalue weighted by molar-refractivity contribution is 6.35. The zero-order valence-electron chi connectivity index (χ0n) is 19.9. The van der Waals surface area contributed by atoms with E-state index in [4.69, 9.17) is 42.1 Å². The van der Waals surface area contributed by atoms with Gasteiger partial charge in [-0.05, 0) is 48.0 Å². The van der Waals surface area contributed by atoms with Crippen molar-refractivity contribution in [1.82, 2.24) is 5.32 Å². The van der Waals surface area contributed by atoms with Crippen molar-refractivity contribution in [3.63, 3.8) is 0 Å². The van der Waals surface area contributed by atoms with E-state index in [0.29, 0.717) is 38.6 Å². The topological polar surface area (TPSA) is 89.8 Å². The summed E-state index contributed by atoms with van der Waals surface area (Å²) < 4.78 is 21.8. The molecule has 0 spiro atoms. The molecule has 0 bridgehead atoms. The number of nitrogens with one attached hydrogen (secondary N) is 1. The van der Waals surface area contributed by atoms with Gasteiger partial charge in [-0.3, -0.25) is 4.79 Å². The number of rotatable bonds is 10. The number of ether oxygens (including phenoxy) is 4. The zero-order valence-corrected chi connectivity index (χ0v) is 21.4. The van der Waals surface area contributed by atoms with Crippen LogP contribution >= 0.6 is 23.2 Å². The van der Waals surface area contributed by atoms with Gasteiger partial charge in [0.1, 0.15) is 29.7 Å². The van der Waals surface area contributed by atoms with Crippen molar-refractivity contribution < 1.29 is 23.7 Å². The monoisotopic (exact) mass is 526 g/mol. The maximum Gasteiger partial charge on any atom is 0.262 e. The molecule has 36 heavy (non-hydrogen) atoms. The lowest BCUT2D eigenvalue weighted by molar-refractivity contribution is -0.117. The number of carbonyl (C=O) groups excluding carboxylic acids is 1. The summed E-state index contributed by atoms with van der Waals surface area (Å²) in [5.74, 6) is 1.60. The second-order valence-corrected chi connectivity index (χ2v) is 8.31. The Hall–Kier alpha value is -3.86. The molecule has 1 amide bonds. The summed E-state index contributed by atoms with van der Waals surface area (Å²) in [6.07, 6.45) is 1.48. The minimum absolute atomic E-state index is 0.0638. The van der Waals surface area contributed by atoms with Gasteiger partial charge in [-0.2, -0.15) is 5.26 Å². The Kier molecular flexibility index (Phi) is 9.46. The fraction of sp³-hybridized carbons (Fsp3) is 0.185. The van der Waals surface area contributed by atoms with Gasteiger partial charge < -0.3 is 24.3 Å². The van der Waals surface area contributed by atoms with E-state index in [1.165, 1.54) is 20.3 Å². The van der Waals surface area contributed by atoms with Gasteiger partial charge >= 0.3 is 0 Å². The SMILES string of the molecule is COc1ccc(CNC(=O)/C(C#N)=C/c2ccc(OCc3ccc(Cl)cc3Cl)c(OC)c2)c(OC)c1. The minimum Gasteiger partial charge on any atom is -0.497 e. The van der Waals surface area contributed by atoms with Gasteiger partial charge in [-0.15, -0.1) is 0 Å². The molecule has 3 rings (SSSR count). The smallest absolute Gasteiger partial charge is 0.262 e. The average molecular weight is 527 g/mol. The van der Waals surface area contributed by atoms with Crippen molar-refractivity contribution in [1.29, 1.82) is 5.26 Å². The Morgan fingerprint density at radius 3 is 2.33 bits per heavy atom. The van der Waals surface area contributed by atoms with E-state index in [1.807, 2.05) is 6.07 Å². The van der Waals surface area contributed by atoms with Crippen molar-refractivity contribution in [2.24, 2.45) is 0 Å². The molecule has 0 atom stereocenters. The maximum atomic E-state index is 12.7. The van der Waals surface area contributed by atoms with Crippen LogP contribution in [0.3, 0.4) is 0 Å². The molecule has 9 heteroatoms. The Morgan fingerprint density at radius 2 is 1.67 bits per heavy atom. The normalized spacial score (nSPS) is 10.8. The molecule has 186 valence electrons. The molecule has 0 aliphatic heterocycles. The second kappa shape index (κ2) is 12.7. The number of amides is 1. The number of nitrogens with zero attached hydrogens (tertiary/aromatic N) is 1. The molecule has 3 aromatic carbocycles. The second-order valence-electron chi connectivity index (χ2n) is 7.46. The van der Waals surface area contributed by atoms with Crippen LogP contribution in [0.25, 0.3) is 6.08 Å². The van der Waals surface area contributed by atoms with Crippen LogP contribution in [0.15, 0.2) is 60.2 Å². The number of hydrogen-bond acceptors (Lipinski definition) is 6. The van der Waals surface area contributed by atoms with Gasteiger partial charge in [0, 0.05) is 33.8 Å². The van der Waals surface area contributed by atoms with Gasteiger partial charge in [0.05, 0.1) is 21.3 Å². The summed E-state index contributed by atoms with van der Waals surface area (Å²) in [4.78, 5) is 12.7. The number of methoxy groups -OCH3 is 3. The van der Waals surface area contributed by atoms with Gasteiger partial charge in [-0.25, -0.2) is 0 Å². The Bertz CT molecular complexity index is 1320. The standard InChI is InChI=1S/C27H24Cl2N2O5/c1-33-22-8-6-18(25(13-22)34-2)15-31-27(32)20(14-30)10-17-4-9-24(26(11-17)35-3)36-16-19-5-7-21(28)12-23(19)29/h4-13H,15-16H2,1-3H3,(H,31,32)/b20-10+. The van der Waals surface area contributed by atoms with Crippen molar-refractivity contribution in [3.8, 4) is 29.1 Å². The largest absolute Gasteiger partial charge is 0.497 e. The molecule has 1 N–H and O–H groups in total. The highest BCUT2D eigenvalue weighted by Crippen LogP contribution is 2.31. The third kappa shape index (κ3) is 6.85. The van der Waals surface area contributed by atoms with Crippen LogP contribution < -0.4 is 24.3 Å². The van der Waals surface area contributed by atoms with Gasteiger partial charge in [0.15, 0.2) is 11.5 Å². The van der Waals surface area contributed by atoms with Crippen molar-refractivity contribution in [3.05, 3.63) is 86.9 Å². The van der Waals surface area contributed by atoms with E-state index in [0.717, 1.165) is 11.1 Å². The molecule has 0 saturated carbocycles. The molecule has 0 fully saturated rings. The van der Waals surface area contributed by atoms with E-state index in [9.17, 15) is 10.1 Å². The number of hydrogen-bond donors (Lipinski definition) is 1. The highest BCUT2D eigenvalue weighted by Gasteiger charge is 2.13. The molecule has 0 saturated heterocycles. The van der Waals surface area contributed by atoms with E-state index < -0.39 is 5.91 Å². The van der Waals surface area contributed by atoms with E-state index in [-0.39, 0.29) is 18.7 Å². The fourth-order valence-corrected chi connectivity index (χ4v) is 3.73. The zero-order chi connectivity index (χ0) is 26.1. The third-order valence-corrected chi connectivity index (χ3v) is 5.78. The van der Waals surface area contributed by atoms with Gasteiger partial charge in [0.2, 0.25) is 0 Å². The Balaban J connectivity index is 1.71. The first kappa shape index (κ1) is 26.7. The first-order valence-corrected chi connectivity index (χ1v) is 11.5. The van der Waals surface area contributed by atoms with Crippen LogP contribution in [0, 0.1) is 11.3 Å². The fourth-order valence-electron chi connectivity index (χ4n) is 3.27. The number of carbonyl (C=O) groups is 1. The number of nitriles is 1. The first-order valence-electron chi connectivity index (χ1n) is 10.7. The summed E-state index contributed by atoms with van der Waals surface area (Å²) in [6, 6.07) is 17.5. The number of benzene rings is 3. The predicted octanol–water partition coefficient (Wildman–Crippen LogP) is 5.82. The summed E-state index contributed by atoms with van der Waals surface area (Å²) in [7, 11) is 4.60. The first-order chi connectivity index (χ1) is 17.4. The summed E-state index contributed by atoms with van der Waals surface area (Å²) in [5, 5.41) is 13.3. The van der Waals surface area contributed by atoms with Crippen molar-refractivity contribution in [2.75, 3.05) is 21.3 Å². The lowest BCUT2D eigenvalue weighted by Gasteiger charge is -2.13. The van der Waals surface area contributed by atoms with E-state index in [1.54, 1.807) is 61.7 Å². The summed E-state index contributed by atoms with van der Waals surface area (Å²) in [5.41, 5.74) is 2.04. The van der Waals surface area contributed by atoms with Crippen LogP contribution in [0.2, 0.25) is 10.0 Å². The van der Waals surface area contributed by atoms with Gasteiger partial charge in [-0.1, -0.05) is 35.3 Å². The number of halogens is 2. The lowest BCUT2D eigenvalue weighted by atomic mass is 10.1. The van der Waals surface area contributed by atoms with Gasteiger partial charge in [0.25, 0.3) is 5.91 Å². The predicted molar refractivity (Wildman–Crippen MR) is 139 cm³/mol. The Labute approximate surface area is 219 Å². The van der Waals surface area contributed by atoms with Crippen LogP contribution in [-0.4, -0.2) is 27.2 Å². The van der Waals surface area contributed by atoms with E-state index >= 15 is 0 Å². The minimum atomic E-state index is -0.521. The third-order valence-electron chi connectivity index (χ3n) is 5.20. The van der Waals surface area contributed by atoms with Crippen LogP contribution in [-0.2, 0) is 17.9 Å². The average Bonchev–Trinajstić information content (AvgIpc) is 2.89. The molecule has 7 nitrogen and oxygen atoms in total. The highest BCUT2D eigenvalue weighted by atomic mass is 35.5. The van der Waals surface area contributed by atoms with Crippen LogP contribution in [0.4, 0.5) is 0 Å². The van der Waals surface area contributed by atoms with E-state index in [2.05, 4.69) is 5.32 Å². The molecule has 0 radical (unpaired) electrons. The van der Waals surface area contributed by atoms with Crippen LogP contribution in [0.5, 0.6) is 23.0 Å². The summed E-state index contributed by atoms with van der Waals surface area (Å²) >= 11 is 12.1. The van der Waals surface area contributed by atoms with Crippen molar-refractivity contribution in [2.45, 2.75) is 13.2 Å². The molecular weight excluding hydrogens is 503 g/mol.